The third-order valence-electron chi connectivity index (χ3n) is 3.52. The summed E-state index contributed by atoms with van der Waals surface area (Å²) in [6, 6.07) is 0.0740. The molecule has 1 aromatic rings. The van der Waals surface area contributed by atoms with E-state index in [4.69, 9.17) is 0 Å². The Bertz CT molecular complexity index is 503. The zero-order chi connectivity index (χ0) is 13.3. The Labute approximate surface area is 120 Å². The lowest BCUT2D eigenvalue weighted by molar-refractivity contribution is 0.296. The molecule has 1 saturated heterocycles. The molecule has 1 fully saturated rings. The maximum absolute atomic E-state index is 12.6. The zero-order valence-electron chi connectivity index (χ0n) is 11.4. The van der Waals surface area contributed by atoms with Crippen molar-refractivity contribution in [2.45, 2.75) is 37.6 Å². The summed E-state index contributed by atoms with van der Waals surface area (Å²) in [4.78, 5) is 0.323. The topological polar surface area (TPSA) is 78.1 Å². The van der Waals surface area contributed by atoms with Crippen molar-refractivity contribution in [3.63, 3.8) is 0 Å². The monoisotopic (exact) mass is 308 g/mol. The zero-order valence-corrected chi connectivity index (χ0v) is 13.1. The SMILES string of the molecule is Cc1n[nH]c(C)c1S(=O)(=O)N(C)C1CCNCC1.Cl. The molecule has 2 N–H and O–H groups in total. The van der Waals surface area contributed by atoms with Gasteiger partial charge in [-0.3, -0.25) is 5.10 Å². The number of hydrogen-bond acceptors (Lipinski definition) is 4. The van der Waals surface area contributed by atoms with Crippen molar-refractivity contribution in [3.05, 3.63) is 11.4 Å². The number of aromatic nitrogens is 2. The number of rotatable bonds is 3. The van der Waals surface area contributed by atoms with E-state index in [1.165, 1.54) is 4.31 Å². The van der Waals surface area contributed by atoms with Crippen molar-refractivity contribution in [1.29, 1.82) is 0 Å². The van der Waals surface area contributed by atoms with E-state index in [-0.39, 0.29) is 18.4 Å². The maximum Gasteiger partial charge on any atom is 0.246 e. The number of piperidine rings is 1. The summed E-state index contributed by atoms with van der Waals surface area (Å²) < 4.78 is 26.7. The Hall–Kier alpha value is -0.630. The third kappa shape index (κ3) is 3.10. The molecule has 8 heteroatoms. The van der Waals surface area contributed by atoms with E-state index in [9.17, 15) is 8.42 Å². The fraction of sp³-hybridized carbons (Fsp3) is 0.727. The van der Waals surface area contributed by atoms with Gasteiger partial charge < -0.3 is 5.32 Å². The molecular formula is C11H21ClN4O2S. The van der Waals surface area contributed by atoms with Crippen LogP contribution in [0, 0.1) is 13.8 Å². The minimum atomic E-state index is -3.44. The second-order valence-electron chi connectivity index (χ2n) is 4.77. The normalized spacial score (nSPS) is 17.5. The largest absolute Gasteiger partial charge is 0.317 e. The number of sulfonamides is 1. The van der Waals surface area contributed by atoms with Gasteiger partial charge in [-0.25, -0.2) is 8.42 Å². The second-order valence-corrected chi connectivity index (χ2v) is 6.70. The first kappa shape index (κ1) is 16.4. The molecule has 2 rings (SSSR count). The average Bonchev–Trinajstić information content (AvgIpc) is 2.69. The Morgan fingerprint density at radius 1 is 1.26 bits per heavy atom. The van der Waals surface area contributed by atoms with E-state index in [1.807, 2.05) is 0 Å². The van der Waals surface area contributed by atoms with Gasteiger partial charge in [0.05, 0.1) is 11.4 Å². The predicted molar refractivity (Wildman–Crippen MR) is 76.2 cm³/mol. The van der Waals surface area contributed by atoms with Crippen LogP contribution in [-0.2, 0) is 10.0 Å². The number of H-pyrrole nitrogens is 1. The highest BCUT2D eigenvalue weighted by Crippen LogP contribution is 2.24. The molecule has 1 aliphatic rings. The molecule has 0 amide bonds. The van der Waals surface area contributed by atoms with E-state index < -0.39 is 10.0 Å². The fourth-order valence-corrected chi connectivity index (χ4v) is 4.17. The Morgan fingerprint density at radius 2 is 1.84 bits per heavy atom. The summed E-state index contributed by atoms with van der Waals surface area (Å²) in [5.41, 5.74) is 1.14. The highest BCUT2D eigenvalue weighted by atomic mass is 35.5. The molecule has 0 aromatic carbocycles. The van der Waals surface area contributed by atoms with Gasteiger partial charge in [0.1, 0.15) is 4.90 Å². The van der Waals surface area contributed by atoms with E-state index in [0.29, 0.717) is 16.3 Å². The third-order valence-corrected chi connectivity index (χ3v) is 5.69. The van der Waals surface area contributed by atoms with Crippen molar-refractivity contribution >= 4 is 22.4 Å². The van der Waals surface area contributed by atoms with Gasteiger partial charge in [0.15, 0.2) is 0 Å². The van der Waals surface area contributed by atoms with Gasteiger partial charge in [0.25, 0.3) is 0 Å². The molecule has 0 unspecified atom stereocenters. The smallest absolute Gasteiger partial charge is 0.246 e. The lowest BCUT2D eigenvalue weighted by Gasteiger charge is -2.30. The first-order chi connectivity index (χ1) is 8.44. The summed E-state index contributed by atoms with van der Waals surface area (Å²) in [5.74, 6) is 0. The van der Waals surface area contributed by atoms with E-state index >= 15 is 0 Å². The van der Waals surface area contributed by atoms with Crippen molar-refractivity contribution in [2.24, 2.45) is 0 Å². The summed E-state index contributed by atoms with van der Waals surface area (Å²) in [7, 11) is -1.78. The summed E-state index contributed by atoms with van der Waals surface area (Å²) in [5, 5.41) is 9.94. The minimum Gasteiger partial charge on any atom is -0.317 e. The molecule has 1 aliphatic heterocycles. The van der Waals surface area contributed by atoms with Crippen molar-refractivity contribution in [3.8, 4) is 0 Å². The average molecular weight is 309 g/mol. The van der Waals surface area contributed by atoms with Crippen LogP contribution in [0.5, 0.6) is 0 Å². The Morgan fingerprint density at radius 3 is 2.32 bits per heavy atom. The molecule has 0 atom stereocenters. The summed E-state index contributed by atoms with van der Waals surface area (Å²) >= 11 is 0. The molecule has 0 saturated carbocycles. The first-order valence-electron chi connectivity index (χ1n) is 6.15. The Kier molecular flexibility index (Phi) is 5.37. The molecule has 0 radical (unpaired) electrons. The van der Waals surface area contributed by atoms with Gasteiger partial charge >= 0.3 is 0 Å². The van der Waals surface area contributed by atoms with Gasteiger partial charge in [-0.1, -0.05) is 0 Å². The standard InChI is InChI=1S/C11H20N4O2S.ClH/c1-8-11(9(2)14-13-8)18(16,17)15(3)10-4-6-12-7-5-10;/h10,12H,4-7H2,1-3H3,(H,13,14);1H. The van der Waals surface area contributed by atoms with Crippen LogP contribution in [-0.4, -0.2) is 49.1 Å². The molecule has 110 valence electrons. The van der Waals surface area contributed by atoms with Gasteiger partial charge in [0.2, 0.25) is 10.0 Å². The fourth-order valence-electron chi connectivity index (χ4n) is 2.43. The van der Waals surface area contributed by atoms with Crippen LogP contribution in [0.1, 0.15) is 24.2 Å². The van der Waals surface area contributed by atoms with Crippen LogP contribution in [0.3, 0.4) is 0 Å². The van der Waals surface area contributed by atoms with Crippen molar-refractivity contribution < 1.29 is 8.42 Å². The number of halogens is 1. The maximum atomic E-state index is 12.6. The first-order valence-corrected chi connectivity index (χ1v) is 7.59. The van der Waals surface area contributed by atoms with Crippen molar-refractivity contribution in [1.82, 2.24) is 19.8 Å². The van der Waals surface area contributed by atoms with Gasteiger partial charge in [0, 0.05) is 13.1 Å². The quantitative estimate of drug-likeness (QED) is 0.866. The van der Waals surface area contributed by atoms with Crippen LogP contribution in [0.2, 0.25) is 0 Å². The molecule has 2 heterocycles. The number of aryl methyl sites for hydroxylation is 2. The molecule has 6 nitrogen and oxygen atoms in total. The van der Waals surface area contributed by atoms with Crippen LogP contribution in [0.15, 0.2) is 4.90 Å². The number of nitrogens with one attached hydrogen (secondary N) is 2. The van der Waals surface area contributed by atoms with Crippen LogP contribution < -0.4 is 5.32 Å². The van der Waals surface area contributed by atoms with Crippen LogP contribution in [0.4, 0.5) is 0 Å². The molecule has 0 aliphatic carbocycles. The second kappa shape index (κ2) is 6.21. The van der Waals surface area contributed by atoms with Gasteiger partial charge in [-0.05, 0) is 39.8 Å². The highest BCUT2D eigenvalue weighted by Gasteiger charge is 2.32. The predicted octanol–water partition coefficient (Wildman–Crippen LogP) is 0.821. The van der Waals surface area contributed by atoms with Gasteiger partial charge in [-0.15, -0.1) is 12.4 Å². The van der Waals surface area contributed by atoms with Crippen LogP contribution >= 0.6 is 12.4 Å². The molecular weight excluding hydrogens is 288 g/mol. The van der Waals surface area contributed by atoms with E-state index in [0.717, 1.165) is 25.9 Å². The molecule has 0 bridgehead atoms. The van der Waals surface area contributed by atoms with Crippen LogP contribution in [0.25, 0.3) is 0 Å². The minimum absolute atomic E-state index is 0. The summed E-state index contributed by atoms with van der Waals surface area (Å²) in [6.45, 7) is 5.19. The highest BCUT2D eigenvalue weighted by molar-refractivity contribution is 7.89. The lowest BCUT2D eigenvalue weighted by atomic mass is 10.1. The number of nitrogens with zero attached hydrogens (tertiary/aromatic N) is 2. The van der Waals surface area contributed by atoms with E-state index in [2.05, 4.69) is 15.5 Å². The molecule has 1 aromatic heterocycles. The van der Waals surface area contributed by atoms with Crippen molar-refractivity contribution in [2.75, 3.05) is 20.1 Å². The van der Waals surface area contributed by atoms with Gasteiger partial charge in [-0.2, -0.15) is 9.40 Å². The van der Waals surface area contributed by atoms with E-state index in [1.54, 1.807) is 20.9 Å². The number of hydrogen-bond donors (Lipinski definition) is 2. The molecule has 19 heavy (non-hydrogen) atoms. The summed E-state index contributed by atoms with van der Waals surface area (Å²) in [6.07, 6.45) is 1.71. The number of aromatic amines is 1. The molecule has 0 spiro atoms. The Balaban J connectivity index is 0.00000180. The lowest BCUT2D eigenvalue weighted by Crippen LogP contribution is -2.44.